The van der Waals surface area contributed by atoms with E-state index in [-0.39, 0.29) is 17.0 Å². The fraction of sp³-hybridized carbons (Fsp3) is 0.0870. The molecule has 0 aliphatic carbocycles. The smallest absolute Gasteiger partial charge is 0.190 e. The maximum Gasteiger partial charge on any atom is 0.190 e. The van der Waals surface area contributed by atoms with Crippen LogP contribution in [0, 0.1) is 0 Å². The number of benzene rings is 3. The molecule has 0 amide bonds. The van der Waals surface area contributed by atoms with Gasteiger partial charge in [0, 0.05) is 11.1 Å². The minimum absolute atomic E-state index is 0. The van der Waals surface area contributed by atoms with Crippen LogP contribution in [0.2, 0.25) is 0 Å². The van der Waals surface area contributed by atoms with E-state index in [1.54, 1.807) is 18.4 Å². The SMILES string of the molecule is Br.COc1ccc(-c2csc(=NCc3ccccc3)n2-c2ccccc2)cc1. The molecule has 0 aliphatic rings. The summed E-state index contributed by atoms with van der Waals surface area (Å²) < 4.78 is 7.51. The number of halogens is 1. The summed E-state index contributed by atoms with van der Waals surface area (Å²) in [5.74, 6) is 0.856. The van der Waals surface area contributed by atoms with Crippen LogP contribution in [0.3, 0.4) is 0 Å². The highest BCUT2D eigenvalue weighted by atomic mass is 79.9. The Morgan fingerprint density at radius 2 is 1.50 bits per heavy atom. The number of aromatic nitrogens is 1. The second kappa shape index (κ2) is 9.53. The van der Waals surface area contributed by atoms with Crippen molar-refractivity contribution >= 4 is 28.3 Å². The molecule has 0 atom stereocenters. The summed E-state index contributed by atoms with van der Waals surface area (Å²) in [6.07, 6.45) is 0. The van der Waals surface area contributed by atoms with Gasteiger partial charge in [-0.2, -0.15) is 0 Å². The molecule has 0 N–H and O–H groups in total. The lowest BCUT2D eigenvalue weighted by atomic mass is 10.1. The number of ether oxygens (including phenoxy) is 1. The first-order valence-corrected chi connectivity index (χ1v) is 9.68. The fourth-order valence-corrected chi connectivity index (χ4v) is 3.86. The minimum Gasteiger partial charge on any atom is -0.497 e. The van der Waals surface area contributed by atoms with Crippen molar-refractivity contribution in [2.75, 3.05) is 7.11 Å². The molecule has 5 heteroatoms. The lowest BCUT2D eigenvalue weighted by Gasteiger charge is -2.10. The first kappa shape index (κ1) is 20.1. The van der Waals surface area contributed by atoms with Crippen molar-refractivity contribution in [1.29, 1.82) is 0 Å². The Balaban J connectivity index is 0.00000225. The molecule has 0 aliphatic heterocycles. The predicted octanol–water partition coefficient (Wildman–Crippen LogP) is 5.89. The van der Waals surface area contributed by atoms with E-state index in [2.05, 4.69) is 58.5 Å². The third-order valence-corrected chi connectivity index (χ3v) is 5.21. The number of methoxy groups -OCH3 is 1. The van der Waals surface area contributed by atoms with Gasteiger partial charge in [0.15, 0.2) is 4.80 Å². The van der Waals surface area contributed by atoms with Gasteiger partial charge in [-0.15, -0.1) is 28.3 Å². The van der Waals surface area contributed by atoms with Crippen LogP contribution in [0.15, 0.2) is 95.3 Å². The molecule has 142 valence electrons. The summed E-state index contributed by atoms with van der Waals surface area (Å²) in [5.41, 5.74) is 4.57. The van der Waals surface area contributed by atoms with Crippen molar-refractivity contribution in [2.24, 2.45) is 4.99 Å². The lowest BCUT2D eigenvalue weighted by molar-refractivity contribution is 0.415. The van der Waals surface area contributed by atoms with Gasteiger partial charge in [0.1, 0.15) is 5.75 Å². The molecule has 0 bridgehead atoms. The molecule has 0 unspecified atom stereocenters. The van der Waals surface area contributed by atoms with Crippen LogP contribution in [-0.4, -0.2) is 11.7 Å². The highest BCUT2D eigenvalue weighted by Crippen LogP contribution is 2.25. The second-order valence-corrected chi connectivity index (χ2v) is 6.94. The number of rotatable bonds is 5. The molecular formula is C23H21BrN2OS. The normalized spacial score (nSPS) is 11.1. The molecule has 1 heterocycles. The Labute approximate surface area is 179 Å². The van der Waals surface area contributed by atoms with E-state index in [0.29, 0.717) is 6.54 Å². The molecule has 0 fully saturated rings. The van der Waals surface area contributed by atoms with Crippen molar-refractivity contribution in [1.82, 2.24) is 4.57 Å². The zero-order valence-corrected chi connectivity index (χ0v) is 18.0. The van der Waals surface area contributed by atoms with Crippen molar-refractivity contribution in [3.05, 3.63) is 101 Å². The van der Waals surface area contributed by atoms with Gasteiger partial charge in [-0.1, -0.05) is 48.5 Å². The van der Waals surface area contributed by atoms with Crippen LogP contribution in [-0.2, 0) is 6.54 Å². The topological polar surface area (TPSA) is 26.5 Å². The Kier molecular flexibility index (Phi) is 6.85. The molecule has 4 rings (SSSR count). The van der Waals surface area contributed by atoms with Crippen molar-refractivity contribution < 1.29 is 4.74 Å². The van der Waals surface area contributed by atoms with Crippen LogP contribution < -0.4 is 9.54 Å². The molecule has 0 spiro atoms. The van der Waals surface area contributed by atoms with Crippen LogP contribution in [0.5, 0.6) is 5.75 Å². The van der Waals surface area contributed by atoms with Crippen molar-refractivity contribution in [3.63, 3.8) is 0 Å². The average Bonchev–Trinajstić information content (AvgIpc) is 3.17. The summed E-state index contributed by atoms with van der Waals surface area (Å²) in [7, 11) is 1.68. The number of nitrogens with zero attached hydrogens (tertiary/aromatic N) is 2. The maximum absolute atomic E-state index is 5.29. The van der Waals surface area contributed by atoms with Gasteiger partial charge >= 0.3 is 0 Å². The predicted molar refractivity (Wildman–Crippen MR) is 122 cm³/mol. The summed E-state index contributed by atoms with van der Waals surface area (Å²) in [5, 5.41) is 2.17. The number of para-hydroxylation sites is 1. The fourth-order valence-electron chi connectivity index (χ4n) is 2.95. The van der Waals surface area contributed by atoms with Gasteiger partial charge in [-0.25, -0.2) is 0 Å². The van der Waals surface area contributed by atoms with E-state index in [9.17, 15) is 0 Å². The van der Waals surface area contributed by atoms with E-state index in [4.69, 9.17) is 9.73 Å². The number of thiazole rings is 1. The summed E-state index contributed by atoms with van der Waals surface area (Å²) >= 11 is 1.66. The quantitative estimate of drug-likeness (QED) is 0.370. The van der Waals surface area contributed by atoms with Gasteiger partial charge in [-0.3, -0.25) is 9.56 Å². The van der Waals surface area contributed by atoms with Crippen LogP contribution in [0.25, 0.3) is 16.9 Å². The Bertz CT molecular complexity index is 1070. The molecular weight excluding hydrogens is 432 g/mol. The first-order chi connectivity index (χ1) is 13.3. The van der Waals surface area contributed by atoms with E-state index in [1.807, 2.05) is 36.4 Å². The van der Waals surface area contributed by atoms with Crippen LogP contribution in [0.4, 0.5) is 0 Å². The summed E-state index contributed by atoms with van der Waals surface area (Å²) in [4.78, 5) is 5.87. The third kappa shape index (κ3) is 4.43. The molecule has 0 saturated heterocycles. The van der Waals surface area contributed by atoms with Gasteiger partial charge in [0.05, 0.1) is 19.3 Å². The molecule has 3 aromatic carbocycles. The average molecular weight is 453 g/mol. The largest absolute Gasteiger partial charge is 0.497 e. The molecule has 1 aromatic heterocycles. The van der Waals surface area contributed by atoms with Gasteiger partial charge in [0.2, 0.25) is 0 Å². The van der Waals surface area contributed by atoms with Gasteiger partial charge < -0.3 is 4.74 Å². The number of hydrogen-bond donors (Lipinski definition) is 0. The maximum atomic E-state index is 5.29. The third-order valence-electron chi connectivity index (χ3n) is 4.35. The van der Waals surface area contributed by atoms with E-state index < -0.39 is 0 Å². The van der Waals surface area contributed by atoms with Crippen LogP contribution >= 0.6 is 28.3 Å². The number of hydrogen-bond acceptors (Lipinski definition) is 3. The second-order valence-electron chi connectivity index (χ2n) is 6.10. The molecule has 0 radical (unpaired) electrons. The highest BCUT2D eigenvalue weighted by molar-refractivity contribution is 8.93. The van der Waals surface area contributed by atoms with E-state index >= 15 is 0 Å². The van der Waals surface area contributed by atoms with Gasteiger partial charge in [-0.05, 0) is 47.5 Å². The van der Waals surface area contributed by atoms with Crippen LogP contribution in [0.1, 0.15) is 5.56 Å². The Hall–Kier alpha value is -2.63. The molecule has 4 aromatic rings. The Morgan fingerprint density at radius 3 is 2.14 bits per heavy atom. The summed E-state index contributed by atoms with van der Waals surface area (Å²) in [6.45, 7) is 0.663. The van der Waals surface area contributed by atoms with E-state index in [1.165, 1.54) is 5.56 Å². The Morgan fingerprint density at radius 1 is 0.857 bits per heavy atom. The van der Waals surface area contributed by atoms with Crippen molar-refractivity contribution in [2.45, 2.75) is 6.54 Å². The first-order valence-electron chi connectivity index (χ1n) is 8.80. The lowest BCUT2D eigenvalue weighted by Crippen LogP contribution is -2.14. The van der Waals surface area contributed by atoms with Crippen molar-refractivity contribution in [3.8, 4) is 22.7 Å². The molecule has 0 saturated carbocycles. The van der Waals surface area contributed by atoms with Gasteiger partial charge in [0.25, 0.3) is 0 Å². The zero-order valence-electron chi connectivity index (χ0n) is 15.5. The zero-order chi connectivity index (χ0) is 18.5. The standard InChI is InChI=1S/C23H20N2OS.BrH/c1-26-21-14-12-19(13-15-21)22-17-27-23(24-16-18-8-4-2-5-9-18)25(22)20-10-6-3-7-11-20;/h2-15,17H,16H2,1H3;1H. The van der Waals surface area contributed by atoms with E-state index in [0.717, 1.165) is 27.5 Å². The molecule has 3 nitrogen and oxygen atoms in total. The monoisotopic (exact) mass is 452 g/mol. The molecule has 28 heavy (non-hydrogen) atoms. The minimum atomic E-state index is 0. The summed E-state index contributed by atoms with van der Waals surface area (Å²) in [6, 6.07) is 28.9. The highest BCUT2D eigenvalue weighted by Gasteiger charge is 2.10.